The van der Waals surface area contributed by atoms with Crippen LogP contribution in [0.4, 0.5) is 0 Å². The van der Waals surface area contributed by atoms with Crippen molar-refractivity contribution >= 4 is 21.6 Å². The third-order valence-electron chi connectivity index (χ3n) is 3.93. The van der Waals surface area contributed by atoms with Gasteiger partial charge in [0.1, 0.15) is 0 Å². The van der Waals surface area contributed by atoms with Crippen molar-refractivity contribution in [2.45, 2.75) is 17.9 Å². The lowest BCUT2D eigenvalue weighted by Gasteiger charge is -2.32. The van der Waals surface area contributed by atoms with Crippen LogP contribution in [0.3, 0.4) is 0 Å². The zero-order valence-electron chi connectivity index (χ0n) is 12.8. The van der Waals surface area contributed by atoms with E-state index in [-0.39, 0.29) is 11.0 Å². The number of hydrogen-bond acceptors (Lipinski definition) is 3. The van der Waals surface area contributed by atoms with Gasteiger partial charge >= 0.3 is 0 Å². The van der Waals surface area contributed by atoms with Crippen LogP contribution in [-0.4, -0.2) is 32.4 Å². The Labute approximate surface area is 141 Å². The number of sulfonamides is 1. The van der Waals surface area contributed by atoms with Gasteiger partial charge in [0.15, 0.2) is 0 Å². The van der Waals surface area contributed by atoms with E-state index >= 15 is 0 Å². The first-order chi connectivity index (χ1) is 11.0. The molecule has 1 atom stereocenters. The predicted octanol–water partition coefficient (Wildman–Crippen LogP) is 3.41. The zero-order chi connectivity index (χ0) is 16.4. The molecule has 0 amide bonds. The SMILES string of the molecule is Cc1ccc(C2CN(S(=O)(=O)c3ccc(Cl)cc3)CCO2)cc1. The van der Waals surface area contributed by atoms with Gasteiger partial charge in [0.2, 0.25) is 10.0 Å². The Kier molecular flexibility index (Phi) is 4.73. The number of hydrogen-bond donors (Lipinski definition) is 0. The standard InChI is InChI=1S/C17H18ClNO3S/c1-13-2-4-14(5-3-13)17-12-19(10-11-22-17)23(20,21)16-8-6-15(18)7-9-16/h2-9,17H,10-12H2,1H3. The molecule has 23 heavy (non-hydrogen) atoms. The van der Waals surface area contributed by atoms with E-state index in [1.807, 2.05) is 31.2 Å². The Hall–Kier alpha value is -1.40. The van der Waals surface area contributed by atoms with E-state index in [4.69, 9.17) is 16.3 Å². The summed E-state index contributed by atoms with van der Waals surface area (Å²) in [6.07, 6.45) is -0.244. The van der Waals surface area contributed by atoms with Crippen LogP contribution in [0.1, 0.15) is 17.2 Å². The Balaban J connectivity index is 1.82. The maximum Gasteiger partial charge on any atom is 0.243 e. The number of nitrogens with zero attached hydrogens (tertiary/aromatic N) is 1. The van der Waals surface area contributed by atoms with E-state index in [0.717, 1.165) is 11.1 Å². The van der Waals surface area contributed by atoms with Crippen LogP contribution in [0.2, 0.25) is 5.02 Å². The van der Waals surface area contributed by atoms with Crippen molar-refractivity contribution in [1.82, 2.24) is 4.31 Å². The first kappa shape index (κ1) is 16.5. The van der Waals surface area contributed by atoms with Crippen LogP contribution in [-0.2, 0) is 14.8 Å². The predicted molar refractivity (Wildman–Crippen MR) is 90.1 cm³/mol. The Morgan fingerprint density at radius 3 is 2.39 bits per heavy atom. The molecule has 3 rings (SSSR count). The summed E-state index contributed by atoms with van der Waals surface area (Å²) in [6.45, 7) is 3.06. The van der Waals surface area contributed by atoms with E-state index in [0.29, 0.717) is 24.7 Å². The average Bonchev–Trinajstić information content (AvgIpc) is 2.56. The molecule has 6 heteroatoms. The van der Waals surface area contributed by atoms with Gasteiger partial charge in [0, 0.05) is 18.1 Å². The highest BCUT2D eigenvalue weighted by Gasteiger charge is 2.31. The fraction of sp³-hybridized carbons (Fsp3) is 0.294. The Morgan fingerprint density at radius 2 is 1.74 bits per heavy atom. The number of aryl methyl sites for hydroxylation is 1. The van der Waals surface area contributed by atoms with E-state index in [1.54, 1.807) is 12.1 Å². The number of benzene rings is 2. The molecule has 1 fully saturated rings. The molecule has 2 aromatic carbocycles. The van der Waals surface area contributed by atoms with Crippen LogP contribution in [0.25, 0.3) is 0 Å². The van der Waals surface area contributed by atoms with E-state index in [1.165, 1.54) is 16.4 Å². The quantitative estimate of drug-likeness (QED) is 0.851. The normalized spacial score (nSPS) is 19.7. The fourth-order valence-corrected chi connectivity index (χ4v) is 4.13. The molecule has 1 heterocycles. The minimum absolute atomic E-state index is 0.244. The van der Waals surface area contributed by atoms with Crippen molar-refractivity contribution in [3.8, 4) is 0 Å². The molecule has 1 aliphatic rings. The summed E-state index contributed by atoms with van der Waals surface area (Å²) in [7, 11) is -3.53. The van der Waals surface area contributed by atoms with Gasteiger partial charge in [-0.1, -0.05) is 41.4 Å². The smallest absolute Gasteiger partial charge is 0.243 e. The maximum absolute atomic E-state index is 12.8. The van der Waals surface area contributed by atoms with Gasteiger partial charge < -0.3 is 4.74 Å². The van der Waals surface area contributed by atoms with Crippen molar-refractivity contribution in [3.05, 3.63) is 64.7 Å². The van der Waals surface area contributed by atoms with E-state index < -0.39 is 10.0 Å². The lowest BCUT2D eigenvalue weighted by Crippen LogP contribution is -2.42. The second-order valence-corrected chi connectivity index (χ2v) is 7.96. The van der Waals surface area contributed by atoms with Gasteiger partial charge in [0.25, 0.3) is 0 Å². The molecule has 0 aliphatic carbocycles. The summed E-state index contributed by atoms with van der Waals surface area (Å²) in [5.74, 6) is 0. The number of rotatable bonds is 3. The number of ether oxygens (including phenoxy) is 1. The van der Waals surface area contributed by atoms with Crippen LogP contribution >= 0.6 is 11.6 Å². The number of halogens is 1. The first-order valence-corrected chi connectivity index (χ1v) is 9.22. The fourth-order valence-electron chi connectivity index (χ4n) is 2.58. The highest BCUT2D eigenvalue weighted by molar-refractivity contribution is 7.89. The molecule has 0 aromatic heterocycles. The lowest BCUT2D eigenvalue weighted by atomic mass is 10.1. The van der Waals surface area contributed by atoms with Gasteiger partial charge in [-0.25, -0.2) is 8.42 Å². The summed E-state index contributed by atoms with van der Waals surface area (Å²) in [5.41, 5.74) is 2.15. The van der Waals surface area contributed by atoms with Crippen LogP contribution in [0.5, 0.6) is 0 Å². The third kappa shape index (κ3) is 3.58. The highest BCUT2D eigenvalue weighted by Crippen LogP contribution is 2.27. The topological polar surface area (TPSA) is 46.6 Å². The van der Waals surface area contributed by atoms with Gasteiger partial charge in [-0.3, -0.25) is 0 Å². The summed E-state index contributed by atoms with van der Waals surface area (Å²) >= 11 is 5.84. The van der Waals surface area contributed by atoms with Gasteiger partial charge in [-0.05, 0) is 36.8 Å². The molecule has 122 valence electrons. The van der Waals surface area contributed by atoms with Crippen molar-refractivity contribution in [2.24, 2.45) is 0 Å². The molecule has 2 aromatic rings. The van der Waals surface area contributed by atoms with Crippen LogP contribution < -0.4 is 0 Å². The Morgan fingerprint density at radius 1 is 1.09 bits per heavy atom. The van der Waals surface area contributed by atoms with Crippen LogP contribution in [0.15, 0.2) is 53.4 Å². The molecule has 0 bridgehead atoms. The first-order valence-electron chi connectivity index (χ1n) is 7.41. The molecule has 0 spiro atoms. The molecule has 1 aliphatic heterocycles. The van der Waals surface area contributed by atoms with Crippen molar-refractivity contribution in [1.29, 1.82) is 0 Å². The minimum Gasteiger partial charge on any atom is -0.371 e. The summed E-state index contributed by atoms with van der Waals surface area (Å²) in [4.78, 5) is 0.256. The van der Waals surface area contributed by atoms with Crippen LogP contribution in [0, 0.1) is 6.92 Å². The average molecular weight is 352 g/mol. The second-order valence-electron chi connectivity index (χ2n) is 5.59. The molecule has 1 saturated heterocycles. The van der Waals surface area contributed by atoms with E-state index in [9.17, 15) is 8.42 Å². The molecular weight excluding hydrogens is 334 g/mol. The van der Waals surface area contributed by atoms with Crippen molar-refractivity contribution < 1.29 is 13.2 Å². The lowest BCUT2D eigenvalue weighted by molar-refractivity contribution is -0.00256. The zero-order valence-corrected chi connectivity index (χ0v) is 14.3. The molecule has 0 N–H and O–H groups in total. The Bertz CT molecular complexity index is 772. The third-order valence-corrected chi connectivity index (χ3v) is 6.06. The van der Waals surface area contributed by atoms with Gasteiger partial charge in [-0.15, -0.1) is 0 Å². The molecular formula is C17H18ClNO3S. The molecule has 0 radical (unpaired) electrons. The summed E-state index contributed by atoms with van der Waals surface area (Å²) in [6, 6.07) is 14.2. The largest absolute Gasteiger partial charge is 0.371 e. The van der Waals surface area contributed by atoms with Gasteiger partial charge in [-0.2, -0.15) is 4.31 Å². The molecule has 0 saturated carbocycles. The van der Waals surface area contributed by atoms with Crippen molar-refractivity contribution in [2.75, 3.05) is 19.7 Å². The maximum atomic E-state index is 12.8. The number of morpholine rings is 1. The minimum atomic E-state index is -3.53. The molecule has 1 unspecified atom stereocenters. The van der Waals surface area contributed by atoms with Gasteiger partial charge in [0.05, 0.1) is 17.6 Å². The second kappa shape index (κ2) is 6.61. The van der Waals surface area contributed by atoms with Crippen molar-refractivity contribution in [3.63, 3.8) is 0 Å². The summed E-state index contributed by atoms with van der Waals surface area (Å²) in [5, 5.41) is 0.517. The monoisotopic (exact) mass is 351 g/mol. The van der Waals surface area contributed by atoms with E-state index in [2.05, 4.69) is 0 Å². The summed E-state index contributed by atoms with van der Waals surface area (Å²) < 4.78 is 32.7. The molecule has 4 nitrogen and oxygen atoms in total. The highest BCUT2D eigenvalue weighted by atomic mass is 35.5.